The molecule has 0 aromatic carbocycles. The summed E-state index contributed by atoms with van der Waals surface area (Å²) < 4.78 is 52.2. The first-order valence-electron chi connectivity index (χ1n) is 9.70. The molecular formula is C19H34O9. The fourth-order valence-corrected chi connectivity index (χ4v) is 4.59. The number of methoxy groups -OCH3 is 5. The van der Waals surface area contributed by atoms with Crippen LogP contribution in [-0.2, 0) is 42.6 Å². The summed E-state index contributed by atoms with van der Waals surface area (Å²) in [5.41, 5.74) is 0. The van der Waals surface area contributed by atoms with E-state index < -0.39 is 24.0 Å². The first kappa shape index (κ1) is 22.3. The lowest BCUT2D eigenvalue weighted by Gasteiger charge is -2.64. The second-order valence-corrected chi connectivity index (χ2v) is 7.69. The van der Waals surface area contributed by atoms with E-state index in [9.17, 15) is 0 Å². The molecule has 0 amide bonds. The third-order valence-corrected chi connectivity index (χ3v) is 5.89. The van der Waals surface area contributed by atoms with E-state index in [-0.39, 0.29) is 30.8 Å². The van der Waals surface area contributed by atoms with Gasteiger partial charge in [-0.15, -0.1) is 0 Å². The van der Waals surface area contributed by atoms with Crippen LogP contribution in [0.25, 0.3) is 0 Å². The van der Waals surface area contributed by atoms with Crippen LogP contribution in [0.5, 0.6) is 0 Å². The lowest BCUT2D eigenvalue weighted by Crippen LogP contribution is -2.79. The Balaban J connectivity index is 1.77. The van der Waals surface area contributed by atoms with E-state index >= 15 is 0 Å². The summed E-state index contributed by atoms with van der Waals surface area (Å²) in [6, 6.07) is 0. The molecule has 9 heteroatoms. The predicted octanol–water partition coefficient (Wildman–Crippen LogP) is 0.935. The Morgan fingerprint density at radius 2 is 1.68 bits per heavy atom. The van der Waals surface area contributed by atoms with Crippen molar-refractivity contribution in [2.45, 2.75) is 62.0 Å². The Hall–Kier alpha value is -0.360. The first-order valence-corrected chi connectivity index (χ1v) is 9.70. The van der Waals surface area contributed by atoms with Gasteiger partial charge >= 0.3 is 0 Å². The van der Waals surface area contributed by atoms with Gasteiger partial charge < -0.3 is 42.6 Å². The van der Waals surface area contributed by atoms with Gasteiger partial charge in [-0.05, 0) is 13.3 Å². The van der Waals surface area contributed by atoms with Crippen LogP contribution < -0.4 is 0 Å². The third-order valence-electron chi connectivity index (χ3n) is 5.89. The van der Waals surface area contributed by atoms with Gasteiger partial charge in [0.05, 0.1) is 25.2 Å². The van der Waals surface area contributed by atoms with Crippen molar-refractivity contribution in [3.63, 3.8) is 0 Å². The number of rotatable bonds is 10. The standard InChI is InChI=1S/C19H34O9/c1-18-12(9-20-2)16(27-18)17(24-6)19(28-18,11-22-4)26-15-8-7-13(23-5)14(25-15)10-21-3/h12-17H,7-11H2,1-6H3/t12-,13+,14?,15+,16?,17-,18+,19-/m1/s1. The van der Waals surface area contributed by atoms with Crippen LogP contribution >= 0.6 is 0 Å². The summed E-state index contributed by atoms with van der Waals surface area (Å²) in [5, 5.41) is 0. The lowest BCUT2D eigenvalue weighted by molar-refractivity contribution is -0.536. The van der Waals surface area contributed by atoms with Gasteiger partial charge in [0, 0.05) is 42.0 Å². The van der Waals surface area contributed by atoms with Crippen LogP contribution in [0.2, 0.25) is 0 Å². The Labute approximate surface area is 166 Å². The molecule has 4 rings (SSSR count). The van der Waals surface area contributed by atoms with Gasteiger partial charge in [-0.25, -0.2) is 0 Å². The zero-order valence-electron chi connectivity index (χ0n) is 17.7. The van der Waals surface area contributed by atoms with E-state index in [2.05, 4.69) is 0 Å². The minimum absolute atomic E-state index is 0.0380. The van der Waals surface area contributed by atoms with Crippen molar-refractivity contribution in [2.24, 2.45) is 5.92 Å². The highest BCUT2D eigenvalue weighted by Crippen LogP contribution is 2.53. The van der Waals surface area contributed by atoms with Crippen molar-refractivity contribution < 1.29 is 42.6 Å². The molecule has 28 heavy (non-hydrogen) atoms. The number of hydrogen-bond acceptors (Lipinski definition) is 9. The summed E-state index contributed by atoms with van der Waals surface area (Å²) in [4.78, 5) is 0. The molecule has 9 nitrogen and oxygen atoms in total. The van der Waals surface area contributed by atoms with Crippen molar-refractivity contribution in [1.82, 2.24) is 0 Å². The monoisotopic (exact) mass is 406 g/mol. The minimum atomic E-state index is -1.15. The minimum Gasteiger partial charge on any atom is -0.384 e. The molecule has 164 valence electrons. The van der Waals surface area contributed by atoms with Crippen LogP contribution in [0.15, 0.2) is 0 Å². The van der Waals surface area contributed by atoms with Crippen LogP contribution in [0, 0.1) is 5.92 Å². The van der Waals surface area contributed by atoms with Crippen LogP contribution in [0.1, 0.15) is 19.8 Å². The smallest absolute Gasteiger partial charge is 0.226 e. The maximum atomic E-state index is 6.40. The van der Waals surface area contributed by atoms with Gasteiger partial charge in [-0.1, -0.05) is 0 Å². The molecule has 4 aliphatic rings. The zero-order chi connectivity index (χ0) is 20.4. The van der Waals surface area contributed by atoms with Crippen molar-refractivity contribution in [3.05, 3.63) is 0 Å². The second kappa shape index (κ2) is 9.20. The molecule has 0 aliphatic carbocycles. The average Bonchev–Trinajstić information content (AvgIpc) is 2.66. The van der Waals surface area contributed by atoms with Gasteiger partial charge in [-0.3, -0.25) is 0 Å². The highest BCUT2D eigenvalue weighted by atomic mass is 16.9. The summed E-state index contributed by atoms with van der Waals surface area (Å²) in [6.07, 6.45) is -0.0125. The van der Waals surface area contributed by atoms with Crippen molar-refractivity contribution in [3.8, 4) is 0 Å². The highest BCUT2D eigenvalue weighted by molar-refractivity contribution is 5.08. The van der Waals surface area contributed by atoms with Gasteiger partial charge in [0.25, 0.3) is 0 Å². The van der Waals surface area contributed by atoms with Crippen molar-refractivity contribution in [2.75, 3.05) is 55.4 Å². The lowest BCUT2D eigenvalue weighted by atomic mass is 9.78. The molecule has 0 radical (unpaired) electrons. The predicted molar refractivity (Wildman–Crippen MR) is 96.8 cm³/mol. The van der Waals surface area contributed by atoms with E-state index in [0.29, 0.717) is 19.6 Å². The van der Waals surface area contributed by atoms with Gasteiger partial charge in [0.2, 0.25) is 5.79 Å². The van der Waals surface area contributed by atoms with E-state index in [1.54, 1.807) is 35.5 Å². The fourth-order valence-electron chi connectivity index (χ4n) is 4.59. The Morgan fingerprint density at radius 1 is 0.929 bits per heavy atom. The molecule has 0 N–H and O–H groups in total. The number of hydrogen-bond donors (Lipinski definition) is 0. The fraction of sp³-hybridized carbons (Fsp3) is 1.00. The van der Waals surface area contributed by atoms with Gasteiger partial charge in [0.15, 0.2) is 12.1 Å². The molecule has 4 fully saturated rings. The zero-order valence-corrected chi connectivity index (χ0v) is 17.7. The van der Waals surface area contributed by atoms with Crippen molar-refractivity contribution in [1.29, 1.82) is 0 Å². The topological polar surface area (TPSA) is 83.1 Å². The Bertz CT molecular complexity index is 506. The molecule has 4 saturated heterocycles. The van der Waals surface area contributed by atoms with Crippen LogP contribution in [0.3, 0.4) is 0 Å². The van der Waals surface area contributed by atoms with E-state index in [4.69, 9.17) is 42.6 Å². The normalized spacial score (nSPS) is 45.6. The second-order valence-electron chi connectivity index (χ2n) is 7.69. The van der Waals surface area contributed by atoms with E-state index in [1.807, 2.05) is 6.92 Å². The molecule has 2 unspecified atom stereocenters. The molecule has 0 aromatic heterocycles. The Morgan fingerprint density at radius 3 is 2.29 bits per heavy atom. The number of ether oxygens (including phenoxy) is 9. The number of fused-ring (bicyclic) bond motifs is 2. The maximum Gasteiger partial charge on any atom is 0.226 e. The maximum absolute atomic E-state index is 6.40. The van der Waals surface area contributed by atoms with Gasteiger partial charge in [0.1, 0.15) is 24.9 Å². The molecule has 4 aliphatic heterocycles. The summed E-state index contributed by atoms with van der Waals surface area (Å²) in [7, 11) is 8.20. The molecule has 0 saturated carbocycles. The summed E-state index contributed by atoms with van der Waals surface area (Å²) >= 11 is 0. The molecule has 2 bridgehead atoms. The molecule has 4 heterocycles. The molecular weight excluding hydrogens is 372 g/mol. The van der Waals surface area contributed by atoms with Crippen LogP contribution in [-0.4, -0.2) is 97.6 Å². The first-order chi connectivity index (χ1) is 13.5. The average molecular weight is 406 g/mol. The Kier molecular flexibility index (Phi) is 7.33. The summed E-state index contributed by atoms with van der Waals surface area (Å²) in [6.45, 7) is 3.01. The summed E-state index contributed by atoms with van der Waals surface area (Å²) in [5.74, 6) is -1.93. The molecule has 8 atom stereocenters. The van der Waals surface area contributed by atoms with Gasteiger partial charge in [-0.2, -0.15) is 0 Å². The van der Waals surface area contributed by atoms with E-state index in [0.717, 1.165) is 6.42 Å². The molecule has 0 aromatic rings. The quantitative estimate of drug-likeness (QED) is 0.526. The third kappa shape index (κ3) is 3.97. The largest absolute Gasteiger partial charge is 0.384 e. The van der Waals surface area contributed by atoms with Crippen molar-refractivity contribution >= 4 is 0 Å². The van der Waals surface area contributed by atoms with Crippen LogP contribution in [0.4, 0.5) is 0 Å². The molecule has 0 spiro atoms. The highest BCUT2D eigenvalue weighted by Gasteiger charge is 2.70. The van der Waals surface area contributed by atoms with E-state index in [1.165, 1.54) is 0 Å². The SMILES string of the molecule is COCC1O[C@@H](O[C@]2(COC)O[C@]3(C)OC([C@H]3COC)[C@H]2OC)CC[C@@H]1OC.